The first kappa shape index (κ1) is 20.7. The number of thioether (sulfide) groups is 1. The lowest BCUT2D eigenvalue weighted by atomic mass is 10.1. The monoisotopic (exact) mass is 451 g/mol. The molecule has 0 aliphatic heterocycles. The predicted octanol–water partition coefficient (Wildman–Crippen LogP) is 5.57. The van der Waals surface area contributed by atoms with E-state index < -0.39 is 0 Å². The van der Waals surface area contributed by atoms with Crippen LogP contribution in [-0.2, 0) is 10.5 Å². The Hall–Kier alpha value is -2.06. The Morgan fingerprint density at radius 1 is 1.04 bits per heavy atom. The number of nitrogens with one attached hydrogen (secondary N) is 2. The van der Waals surface area contributed by atoms with E-state index in [9.17, 15) is 9.59 Å². The molecule has 0 bridgehead atoms. The number of rotatable bonds is 7. The maximum absolute atomic E-state index is 12.5. The van der Waals surface area contributed by atoms with E-state index in [0.29, 0.717) is 32.2 Å². The quantitative estimate of drug-likeness (QED) is 0.492. The summed E-state index contributed by atoms with van der Waals surface area (Å²) in [5, 5.41) is 8.91. The van der Waals surface area contributed by atoms with Crippen LogP contribution in [0.25, 0.3) is 0 Å². The first-order valence-corrected chi connectivity index (χ1v) is 10.9. The van der Waals surface area contributed by atoms with E-state index in [2.05, 4.69) is 15.6 Å². The van der Waals surface area contributed by atoms with Crippen molar-refractivity contribution in [3.63, 3.8) is 0 Å². The third kappa shape index (κ3) is 5.48. The van der Waals surface area contributed by atoms with Gasteiger partial charge in [-0.3, -0.25) is 14.9 Å². The summed E-state index contributed by atoms with van der Waals surface area (Å²) in [4.78, 5) is 28.8. The van der Waals surface area contributed by atoms with Gasteiger partial charge in [-0.15, -0.1) is 23.1 Å². The SMILES string of the molecule is O=C(CSCc1c(Cl)cccc1Cl)Nc1ccccc1C(=O)Nc1nccs1. The van der Waals surface area contributed by atoms with Gasteiger partial charge in [0.15, 0.2) is 5.13 Å². The van der Waals surface area contributed by atoms with E-state index in [0.717, 1.165) is 5.56 Å². The highest BCUT2D eigenvalue weighted by atomic mass is 35.5. The van der Waals surface area contributed by atoms with Gasteiger partial charge in [0.1, 0.15) is 0 Å². The van der Waals surface area contributed by atoms with Crippen molar-refractivity contribution in [3.05, 3.63) is 75.2 Å². The third-order valence-corrected chi connectivity index (χ3v) is 6.00. The molecule has 0 fully saturated rings. The molecular weight excluding hydrogens is 437 g/mol. The van der Waals surface area contributed by atoms with Crippen LogP contribution < -0.4 is 10.6 Å². The molecule has 2 amide bonds. The van der Waals surface area contributed by atoms with Crippen molar-refractivity contribution in [1.29, 1.82) is 0 Å². The minimum Gasteiger partial charge on any atom is -0.325 e. The Balaban J connectivity index is 1.59. The second-order valence-corrected chi connectivity index (χ2v) is 8.27. The van der Waals surface area contributed by atoms with Crippen molar-refractivity contribution in [2.75, 3.05) is 16.4 Å². The molecule has 0 aliphatic rings. The van der Waals surface area contributed by atoms with Gasteiger partial charge in [-0.2, -0.15) is 0 Å². The zero-order chi connectivity index (χ0) is 19.9. The summed E-state index contributed by atoms with van der Waals surface area (Å²) in [6.45, 7) is 0. The van der Waals surface area contributed by atoms with Crippen molar-refractivity contribution in [1.82, 2.24) is 4.98 Å². The highest BCUT2D eigenvalue weighted by Crippen LogP contribution is 2.28. The zero-order valence-corrected chi connectivity index (χ0v) is 17.6. The van der Waals surface area contributed by atoms with Crippen LogP contribution in [0.5, 0.6) is 0 Å². The smallest absolute Gasteiger partial charge is 0.259 e. The fraction of sp³-hybridized carbons (Fsp3) is 0.105. The molecule has 9 heteroatoms. The molecule has 0 spiro atoms. The fourth-order valence-corrected chi connectivity index (χ4v) is 4.43. The van der Waals surface area contributed by atoms with E-state index in [1.165, 1.54) is 23.1 Å². The van der Waals surface area contributed by atoms with Gasteiger partial charge in [0.2, 0.25) is 5.91 Å². The summed E-state index contributed by atoms with van der Waals surface area (Å²) >= 11 is 15.0. The number of anilines is 2. The maximum atomic E-state index is 12.5. The summed E-state index contributed by atoms with van der Waals surface area (Å²) in [7, 11) is 0. The van der Waals surface area contributed by atoms with Crippen molar-refractivity contribution in [2.24, 2.45) is 0 Å². The van der Waals surface area contributed by atoms with Crippen molar-refractivity contribution in [3.8, 4) is 0 Å². The van der Waals surface area contributed by atoms with Crippen LogP contribution in [-0.4, -0.2) is 22.6 Å². The molecule has 0 saturated heterocycles. The number of amides is 2. The third-order valence-electron chi connectivity index (χ3n) is 3.64. The first-order chi connectivity index (χ1) is 13.5. The standard InChI is InChI=1S/C19H15Cl2N3O2S2/c20-14-5-3-6-15(21)13(14)10-27-11-17(25)23-16-7-2-1-4-12(16)18(26)24-19-22-8-9-28-19/h1-9H,10-11H2,(H,23,25)(H,22,24,26). The highest BCUT2D eigenvalue weighted by Gasteiger charge is 2.14. The number of aromatic nitrogens is 1. The molecule has 3 rings (SSSR count). The molecule has 5 nitrogen and oxygen atoms in total. The van der Waals surface area contributed by atoms with Crippen LogP contribution in [0, 0.1) is 0 Å². The zero-order valence-electron chi connectivity index (χ0n) is 14.4. The number of hydrogen-bond donors (Lipinski definition) is 2. The summed E-state index contributed by atoms with van der Waals surface area (Å²) in [5.41, 5.74) is 1.61. The van der Waals surface area contributed by atoms with Gasteiger partial charge in [0, 0.05) is 27.4 Å². The maximum Gasteiger partial charge on any atom is 0.259 e. The van der Waals surface area contributed by atoms with E-state index in [4.69, 9.17) is 23.2 Å². The molecule has 3 aromatic rings. The van der Waals surface area contributed by atoms with Crippen LogP contribution in [0.15, 0.2) is 54.0 Å². The van der Waals surface area contributed by atoms with Gasteiger partial charge < -0.3 is 5.32 Å². The molecule has 0 radical (unpaired) electrons. The predicted molar refractivity (Wildman–Crippen MR) is 118 cm³/mol. The molecule has 1 heterocycles. The number of halogens is 2. The molecule has 1 aromatic heterocycles. The lowest BCUT2D eigenvalue weighted by molar-refractivity contribution is -0.113. The largest absolute Gasteiger partial charge is 0.325 e. The van der Waals surface area contributed by atoms with Crippen molar-refractivity contribution >= 4 is 68.9 Å². The van der Waals surface area contributed by atoms with Crippen LogP contribution in [0.1, 0.15) is 15.9 Å². The number of para-hydroxylation sites is 1. The van der Waals surface area contributed by atoms with Gasteiger partial charge in [-0.25, -0.2) is 4.98 Å². The second-order valence-electron chi connectivity index (χ2n) is 5.58. The molecule has 2 aromatic carbocycles. The molecule has 0 aliphatic carbocycles. The molecule has 2 N–H and O–H groups in total. The molecule has 28 heavy (non-hydrogen) atoms. The number of thiazole rings is 1. The summed E-state index contributed by atoms with van der Waals surface area (Å²) in [6.07, 6.45) is 1.61. The average Bonchev–Trinajstić information content (AvgIpc) is 3.17. The fourth-order valence-electron chi connectivity index (χ4n) is 2.34. The van der Waals surface area contributed by atoms with E-state index in [1.807, 2.05) is 0 Å². The molecule has 144 valence electrons. The highest BCUT2D eigenvalue weighted by molar-refractivity contribution is 7.99. The number of carbonyl (C=O) groups excluding carboxylic acids is 2. The van der Waals surface area contributed by atoms with Gasteiger partial charge in [-0.1, -0.05) is 41.4 Å². The normalized spacial score (nSPS) is 10.5. The number of benzene rings is 2. The summed E-state index contributed by atoms with van der Waals surface area (Å²) < 4.78 is 0. The minimum atomic E-state index is -0.332. The van der Waals surface area contributed by atoms with Gasteiger partial charge >= 0.3 is 0 Å². The minimum absolute atomic E-state index is 0.198. The lowest BCUT2D eigenvalue weighted by Gasteiger charge is -2.11. The Kier molecular flexibility index (Phi) is 7.33. The van der Waals surface area contributed by atoms with Gasteiger partial charge in [0.05, 0.1) is 17.0 Å². The Morgan fingerprint density at radius 2 is 1.79 bits per heavy atom. The van der Waals surface area contributed by atoms with Gasteiger partial charge in [0.25, 0.3) is 5.91 Å². The summed E-state index contributed by atoms with van der Waals surface area (Å²) in [5.74, 6) is 0.159. The van der Waals surface area contributed by atoms with Crippen LogP contribution in [0.2, 0.25) is 10.0 Å². The van der Waals surface area contributed by atoms with Crippen LogP contribution >= 0.6 is 46.3 Å². The molecule has 0 saturated carbocycles. The molecular formula is C19H15Cl2N3O2S2. The lowest BCUT2D eigenvalue weighted by Crippen LogP contribution is -2.19. The Bertz CT molecular complexity index is 961. The van der Waals surface area contributed by atoms with Crippen molar-refractivity contribution in [2.45, 2.75) is 5.75 Å². The van der Waals surface area contributed by atoms with Crippen LogP contribution in [0.4, 0.5) is 10.8 Å². The topological polar surface area (TPSA) is 71.1 Å². The molecule has 0 atom stereocenters. The van der Waals surface area contributed by atoms with E-state index >= 15 is 0 Å². The Morgan fingerprint density at radius 3 is 2.50 bits per heavy atom. The van der Waals surface area contributed by atoms with Crippen molar-refractivity contribution < 1.29 is 9.59 Å². The summed E-state index contributed by atoms with van der Waals surface area (Å²) in [6, 6.07) is 12.1. The first-order valence-electron chi connectivity index (χ1n) is 8.15. The number of nitrogens with zero attached hydrogens (tertiary/aromatic N) is 1. The van der Waals surface area contributed by atoms with E-state index in [-0.39, 0.29) is 17.6 Å². The molecule has 0 unspecified atom stereocenters. The number of hydrogen-bond acceptors (Lipinski definition) is 5. The van der Waals surface area contributed by atoms with Crippen LogP contribution in [0.3, 0.4) is 0 Å². The average molecular weight is 452 g/mol. The second kappa shape index (κ2) is 9.93. The number of carbonyl (C=O) groups is 2. The van der Waals surface area contributed by atoms with Gasteiger partial charge in [-0.05, 0) is 29.8 Å². The van der Waals surface area contributed by atoms with E-state index in [1.54, 1.807) is 54.0 Å². The Labute approximate surface area is 180 Å².